The van der Waals surface area contributed by atoms with Crippen LogP contribution < -0.4 is 5.56 Å². The molecule has 2 heterocycles. The highest BCUT2D eigenvalue weighted by Gasteiger charge is 2.01. The molecule has 4 heteroatoms. The highest BCUT2D eigenvalue weighted by atomic mass is 16.1. The normalized spacial score (nSPS) is 10.4. The monoisotopic (exact) mass is 237 g/mol. The van der Waals surface area contributed by atoms with Crippen molar-refractivity contribution in [3.05, 3.63) is 65.2 Å². The molecule has 0 amide bonds. The second-order valence-corrected chi connectivity index (χ2v) is 3.99. The fraction of sp³-hybridized carbons (Fsp3) is 0. The van der Waals surface area contributed by atoms with Crippen molar-refractivity contribution in [1.82, 2.24) is 15.2 Å². The van der Waals surface area contributed by atoms with Crippen LogP contribution in [0.2, 0.25) is 0 Å². The molecule has 0 aliphatic rings. The molecule has 0 aliphatic heterocycles. The van der Waals surface area contributed by atoms with Gasteiger partial charge >= 0.3 is 0 Å². The van der Waals surface area contributed by atoms with Crippen LogP contribution in [0.3, 0.4) is 0 Å². The molecular formula is C14H11N3O. The van der Waals surface area contributed by atoms with Crippen LogP contribution in [-0.4, -0.2) is 15.2 Å². The summed E-state index contributed by atoms with van der Waals surface area (Å²) in [6.45, 7) is 0. The summed E-state index contributed by atoms with van der Waals surface area (Å²) in [7, 11) is 0. The molecule has 0 aliphatic carbocycles. The number of hydrogen-bond donors (Lipinski definition) is 2. The first kappa shape index (κ1) is 10.5. The largest absolute Gasteiger partial charge is 0.298 e. The van der Waals surface area contributed by atoms with Crippen LogP contribution in [0.4, 0.5) is 0 Å². The molecule has 0 bridgehead atoms. The van der Waals surface area contributed by atoms with E-state index in [4.69, 9.17) is 0 Å². The van der Waals surface area contributed by atoms with Crippen molar-refractivity contribution in [3.8, 4) is 22.4 Å². The number of pyridine rings is 1. The van der Waals surface area contributed by atoms with Crippen molar-refractivity contribution in [2.75, 3.05) is 0 Å². The summed E-state index contributed by atoms with van der Waals surface area (Å²) in [4.78, 5) is 15.1. The summed E-state index contributed by atoms with van der Waals surface area (Å²) in [5, 5.41) is 5.36. The fourth-order valence-electron chi connectivity index (χ4n) is 1.87. The number of nitrogens with zero attached hydrogens (tertiary/aromatic N) is 1. The number of hydrogen-bond acceptors (Lipinski definition) is 2. The van der Waals surface area contributed by atoms with Gasteiger partial charge in [0.2, 0.25) is 0 Å². The van der Waals surface area contributed by atoms with E-state index in [0.717, 1.165) is 22.4 Å². The lowest BCUT2D eigenvalue weighted by Gasteiger charge is -2.02. The Hall–Kier alpha value is -2.62. The van der Waals surface area contributed by atoms with Crippen LogP contribution in [0.15, 0.2) is 59.7 Å². The van der Waals surface area contributed by atoms with E-state index in [1.807, 2.05) is 36.4 Å². The van der Waals surface area contributed by atoms with E-state index in [1.165, 1.54) is 0 Å². The molecule has 0 atom stereocenters. The van der Waals surface area contributed by atoms with Gasteiger partial charge in [-0.3, -0.25) is 20.0 Å². The summed E-state index contributed by atoms with van der Waals surface area (Å²) < 4.78 is 0. The average Bonchev–Trinajstić information content (AvgIpc) is 2.87. The smallest absolute Gasteiger partial charge is 0.264 e. The molecule has 18 heavy (non-hydrogen) atoms. The zero-order chi connectivity index (χ0) is 12.4. The standard InChI is InChI=1S/C14H11N3O/c18-14-9-13(16-17-14)12-3-1-10(2-4-12)11-5-7-15-8-6-11/h1-9H,(H2,16,17,18). The topological polar surface area (TPSA) is 61.5 Å². The Kier molecular flexibility index (Phi) is 2.53. The number of rotatable bonds is 2. The zero-order valence-corrected chi connectivity index (χ0v) is 9.55. The van der Waals surface area contributed by atoms with E-state index in [9.17, 15) is 4.79 Å². The molecule has 1 aromatic carbocycles. The van der Waals surface area contributed by atoms with E-state index >= 15 is 0 Å². The maximum Gasteiger partial charge on any atom is 0.264 e. The third-order valence-corrected chi connectivity index (χ3v) is 2.81. The van der Waals surface area contributed by atoms with Crippen LogP contribution in [0.1, 0.15) is 0 Å². The number of aromatic amines is 2. The van der Waals surface area contributed by atoms with Crippen LogP contribution in [0, 0.1) is 0 Å². The molecule has 3 rings (SSSR count). The van der Waals surface area contributed by atoms with Gasteiger partial charge in [-0.15, -0.1) is 0 Å². The molecule has 3 aromatic rings. The molecule has 0 saturated heterocycles. The van der Waals surface area contributed by atoms with Crippen molar-refractivity contribution >= 4 is 0 Å². The van der Waals surface area contributed by atoms with Gasteiger partial charge in [0.05, 0.1) is 5.69 Å². The summed E-state index contributed by atoms with van der Waals surface area (Å²) in [6, 6.07) is 13.5. The zero-order valence-electron chi connectivity index (χ0n) is 9.55. The molecular weight excluding hydrogens is 226 g/mol. The maximum atomic E-state index is 11.1. The van der Waals surface area contributed by atoms with E-state index in [1.54, 1.807) is 18.5 Å². The van der Waals surface area contributed by atoms with Crippen LogP contribution in [0.25, 0.3) is 22.4 Å². The van der Waals surface area contributed by atoms with E-state index in [-0.39, 0.29) is 5.56 Å². The molecule has 0 fully saturated rings. The Morgan fingerprint density at radius 1 is 0.778 bits per heavy atom. The van der Waals surface area contributed by atoms with Crippen molar-refractivity contribution in [1.29, 1.82) is 0 Å². The second-order valence-electron chi connectivity index (χ2n) is 3.99. The average molecular weight is 237 g/mol. The molecule has 88 valence electrons. The first-order valence-electron chi connectivity index (χ1n) is 5.61. The summed E-state index contributed by atoms with van der Waals surface area (Å²) in [5.74, 6) is 0. The second kappa shape index (κ2) is 4.33. The molecule has 0 unspecified atom stereocenters. The lowest BCUT2D eigenvalue weighted by Crippen LogP contribution is -1.93. The Bertz CT molecular complexity index is 696. The summed E-state index contributed by atoms with van der Waals surface area (Å²) >= 11 is 0. The third kappa shape index (κ3) is 1.96. The van der Waals surface area contributed by atoms with Crippen LogP contribution in [-0.2, 0) is 0 Å². The molecule has 2 aromatic heterocycles. The van der Waals surface area contributed by atoms with Crippen molar-refractivity contribution in [3.63, 3.8) is 0 Å². The lowest BCUT2D eigenvalue weighted by molar-refractivity contribution is 1.06. The SMILES string of the molecule is O=c1cc(-c2ccc(-c3ccncc3)cc2)[nH][nH]1. The van der Waals surface area contributed by atoms with Crippen molar-refractivity contribution in [2.24, 2.45) is 0 Å². The van der Waals surface area contributed by atoms with Gasteiger partial charge in [-0.05, 0) is 28.8 Å². The molecule has 0 spiro atoms. The predicted octanol–water partition coefficient (Wildman–Crippen LogP) is 2.43. The van der Waals surface area contributed by atoms with E-state index in [0.29, 0.717) is 0 Å². The van der Waals surface area contributed by atoms with Gasteiger partial charge in [0, 0.05) is 18.5 Å². The van der Waals surface area contributed by atoms with Crippen LogP contribution in [0.5, 0.6) is 0 Å². The Morgan fingerprint density at radius 3 is 2.00 bits per heavy atom. The predicted molar refractivity (Wildman–Crippen MR) is 70.1 cm³/mol. The molecule has 0 radical (unpaired) electrons. The summed E-state index contributed by atoms with van der Waals surface area (Å²) in [5.41, 5.74) is 3.90. The van der Waals surface area contributed by atoms with Gasteiger partial charge in [0.15, 0.2) is 0 Å². The Labute approximate surface area is 103 Å². The Balaban J connectivity index is 1.97. The number of aromatic nitrogens is 3. The van der Waals surface area contributed by atoms with E-state index in [2.05, 4.69) is 15.2 Å². The quantitative estimate of drug-likeness (QED) is 0.719. The van der Waals surface area contributed by atoms with Crippen molar-refractivity contribution < 1.29 is 0 Å². The lowest BCUT2D eigenvalue weighted by atomic mass is 10.0. The maximum absolute atomic E-state index is 11.1. The van der Waals surface area contributed by atoms with Crippen LogP contribution >= 0.6 is 0 Å². The van der Waals surface area contributed by atoms with Gasteiger partial charge in [-0.1, -0.05) is 24.3 Å². The highest BCUT2D eigenvalue weighted by Crippen LogP contribution is 2.22. The van der Waals surface area contributed by atoms with Crippen molar-refractivity contribution in [2.45, 2.75) is 0 Å². The minimum absolute atomic E-state index is 0.122. The first-order valence-corrected chi connectivity index (χ1v) is 5.61. The number of nitrogens with one attached hydrogen (secondary N) is 2. The first-order chi connectivity index (χ1) is 8.83. The minimum Gasteiger partial charge on any atom is -0.298 e. The molecule has 0 saturated carbocycles. The highest BCUT2D eigenvalue weighted by molar-refractivity contribution is 5.68. The van der Waals surface area contributed by atoms with Gasteiger partial charge in [-0.25, -0.2) is 0 Å². The molecule has 4 nitrogen and oxygen atoms in total. The fourth-order valence-corrected chi connectivity index (χ4v) is 1.87. The van der Waals surface area contributed by atoms with Gasteiger partial charge in [0.25, 0.3) is 5.56 Å². The van der Waals surface area contributed by atoms with Gasteiger partial charge in [-0.2, -0.15) is 0 Å². The minimum atomic E-state index is -0.122. The number of benzene rings is 1. The van der Waals surface area contributed by atoms with Gasteiger partial charge in [0.1, 0.15) is 0 Å². The number of H-pyrrole nitrogens is 2. The third-order valence-electron chi connectivity index (χ3n) is 2.81. The Morgan fingerprint density at radius 2 is 1.39 bits per heavy atom. The molecule has 2 N–H and O–H groups in total. The van der Waals surface area contributed by atoms with Gasteiger partial charge < -0.3 is 0 Å². The summed E-state index contributed by atoms with van der Waals surface area (Å²) in [6.07, 6.45) is 3.54. The van der Waals surface area contributed by atoms with E-state index < -0.39 is 0 Å².